The molecule has 0 atom stereocenters. The highest BCUT2D eigenvalue weighted by molar-refractivity contribution is 9.10. The van der Waals surface area contributed by atoms with Crippen molar-refractivity contribution < 1.29 is 9.90 Å². The van der Waals surface area contributed by atoms with Crippen LogP contribution in [-0.2, 0) is 0 Å². The van der Waals surface area contributed by atoms with Gasteiger partial charge in [-0.25, -0.2) is 5.43 Å². The van der Waals surface area contributed by atoms with E-state index >= 15 is 0 Å². The summed E-state index contributed by atoms with van der Waals surface area (Å²) in [5.41, 5.74) is 3.47. The molecule has 0 unspecified atom stereocenters. The number of nitrogens with one attached hydrogen (secondary N) is 1. The molecule has 1 aromatic heterocycles. The average Bonchev–Trinajstić information content (AvgIpc) is 2.38. The van der Waals surface area contributed by atoms with E-state index in [1.807, 2.05) is 0 Å². The van der Waals surface area contributed by atoms with Crippen LogP contribution < -0.4 is 5.43 Å². The fourth-order valence-corrected chi connectivity index (χ4v) is 1.74. The first-order valence-electron chi connectivity index (χ1n) is 5.38. The lowest BCUT2D eigenvalue weighted by molar-refractivity contribution is 0.0954. The van der Waals surface area contributed by atoms with Gasteiger partial charge in [-0.3, -0.25) is 9.78 Å². The first kappa shape index (κ1) is 13.2. The van der Waals surface area contributed by atoms with Crippen molar-refractivity contribution in [3.63, 3.8) is 0 Å². The first-order chi connectivity index (χ1) is 9.15. The zero-order valence-electron chi connectivity index (χ0n) is 9.75. The van der Waals surface area contributed by atoms with Crippen LogP contribution in [-0.4, -0.2) is 22.2 Å². The molecular formula is C13H10BrN3O2. The molecule has 5 nitrogen and oxygen atoms in total. The topological polar surface area (TPSA) is 74.6 Å². The maximum absolute atomic E-state index is 11.7. The highest BCUT2D eigenvalue weighted by Crippen LogP contribution is 2.10. The Morgan fingerprint density at radius 3 is 2.95 bits per heavy atom. The molecule has 2 rings (SSSR count). The molecule has 6 heteroatoms. The molecule has 19 heavy (non-hydrogen) atoms. The highest BCUT2D eigenvalue weighted by atomic mass is 79.9. The molecule has 0 spiro atoms. The molecular weight excluding hydrogens is 310 g/mol. The number of phenols is 1. The Bertz CT molecular complexity index is 629. The van der Waals surface area contributed by atoms with E-state index in [1.165, 1.54) is 18.5 Å². The van der Waals surface area contributed by atoms with Gasteiger partial charge in [0.2, 0.25) is 0 Å². The van der Waals surface area contributed by atoms with E-state index in [2.05, 4.69) is 31.4 Å². The third kappa shape index (κ3) is 3.89. The van der Waals surface area contributed by atoms with Crippen LogP contribution in [0, 0.1) is 0 Å². The Balaban J connectivity index is 2.01. The minimum absolute atomic E-state index is 0.145. The Morgan fingerprint density at radius 1 is 1.37 bits per heavy atom. The number of rotatable bonds is 3. The lowest BCUT2D eigenvalue weighted by Crippen LogP contribution is -2.17. The molecule has 0 radical (unpaired) electrons. The van der Waals surface area contributed by atoms with E-state index in [0.717, 1.165) is 4.47 Å². The molecule has 0 fully saturated rings. The molecule has 0 bridgehead atoms. The number of phenolic OH excluding ortho intramolecular Hbond substituents is 1. The normalized spacial score (nSPS) is 10.6. The van der Waals surface area contributed by atoms with Crippen LogP contribution in [0.2, 0.25) is 0 Å². The van der Waals surface area contributed by atoms with Gasteiger partial charge in [0.25, 0.3) is 5.91 Å². The number of benzene rings is 1. The van der Waals surface area contributed by atoms with Gasteiger partial charge < -0.3 is 5.11 Å². The van der Waals surface area contributed by atoms with Crippen molar-refractivity contribution in [3.05, 3.63) is 58.3 Å². The molecule has 96 valence electrons. The van der Waals surface area contributed by atoms with Gasteiger partial charge in [-0.05, 0) is 39.7 Å². The van der Waals surface area contributed by atoms with Crippen LogP contribution in [0.3, 0.4) is 0 Å². The summed E-state index contributed by atoms with van der Waals surface area (Å²) in [6, 6.07) is 8.19. The number of amides is 1. The molecule has 1 amide bonds. The number of carbonyl (C=O) groups excluding carboxylic acids is 1. The van der Waals surface area contributed by atoms with Gasteiger partial charge in [-0.2, -0.15) is 5.10 Å². The molecule has 2 N–H and O–H groups in total. The maximum atomic E-state index is 11.7. The van der Waals surface area contributed by atoms with Crippen molar-refractivity contribution in [2.45, 2.75) is 0 Å². The second-order valence-electron chi connectivity index (χ2n) is 3.69. The Kier molecular flexibility index (Phi) is 4.25. The van der Waals surface area contributed by atoms with E-state index in [-0.39, 0.29) is 11.7 Å². The third-order valence-corrected chi connectivity index (χ3v) is 2.65. The molecule has 0 aliphatic rings. The van der Waals surface area contributed by atoms with E-state index in [9.17, 15) is 9.90 Å². The minimum atomic E-state index is -0.356. The van der Waals surface area contributed by atoms with Gasteiger partial charge in [0.1, 0.15) is 5.75 Å². The number of carbonyl (C=O) groups is 1. The van der Waals surface area contributed by atoms with Gasteiger partial charge in [-0.15, -0.1) is 0 Å². The third-order valence-electron chi connectivity index (χ3n) is 2.22. The zero-order chi connectivity index (χ0) is 13.7. The van der Waals surface area contributed by atoms with Gasteiger partial charge in [0.15, 0.2) is 0 Å². The SMILES string of the molecule is O=C(N/N=C/c1cccc(O)c1)c1cncc(Br)c1. The van der Waals surface area contributed by atoms with Crippen LogP contribution in [0.25, 0.3) is 0 Å². The Hall–Kier alpha value is -2.21. The van der Waals surface area contributed by atoms with Crippen molar-refractivity contribution >= 4 is 28.1 Å². The Morgan fingerprint density at radius 2 is 2.21 bits per heavy atom. The minimum Gasteiger partial charge on any atom is -0.508 e. The second-order valence-corrected chi connectivity index (χ2v) is 4.60. The van der Waals surface area contributed by atoms with Crippen LogP contribution in [0.4, 0.5) is 0 Å². The van der Waals surface area contributed by atoms with Gasteiger partial charge in [0.05, 0.1) is 11.8 Å². The number of hydrogen-bond acceptors (Lipinski definition) is 4. The van der Waals surface area contributed by atoms with Crippen LogP contribution in [0.1, 0.15) is 15.9 Å². The van der Waals surface area contributed by atoms with Gasteiger partial charge in [-0.1, -0.05) is 12.1 Å². The molecule has 2 aromatic rings. The predicted molar refractivity (Wildman–Crippen MR) is 75.1 cm³/mol. The number of hydrogen-bond donors (Lipinski definition) is 2. The molecule has 0 aliphatic carbocycles. The van der Waals surface area contributed by atoms with E-state index in [0.29, 0.717) is 11.1 Å². The number of aromatic nitrogens is 1. The smallest absolute Gasteiger partial charge is 0.272 e. The van der Waals surface area contributed by atoms with Crippen molar-refractivity contribution in [2.24, 2.45) is 5.10 Å². The van der Waals surface area contributed by atoms with Crippen LogP contribution in [0.15, 0.2) is 52.3 Å². The molecule has 0 saturated heterocycles. The summed E-state index contributed by atoms with van der Waals surface area (Å²) < 4.78 is 0.720. The fourth-order valence-electron chi connectivity index (χ4n) is 1.37. The summed E-state index contributed by atoms with van der Waals surface area (Å²) in [4.78, 5) is 15.6. The highest BCUT2D eigenvalue weighted by Gasteiger charge is 2.04. The van der Waals surface area contributed by atoms with Crippen molar-refractivity contribution in [1.82, 2.24) is 10.4 Å². The van der Waals surface area contributed by atoms with Crippen molar-refractivity contribution in [3.8, 4) is 5.75 Å². The first-order valence-corrected chi connectivity index (χ1v) is 6.17. The van der Waals surface area contributed by atoms with Crippen molar-refractivity contribution in [2.75, 3.05) is 0 Å². The number of pyridine rings is 1. The summed E-state index contributed by atoms with van der Waals surface area (Å²) in [5, 5.41) is 13.1. The summed E-state index contributed by atoms with van der Waals surface area (Å²) in [7, 11) is 0. The summed E-state index contributed by atoms with van der Waals surface area (Å²) in [6.45, 7) is 0. The zero-order valence-corrected chi connectivity index (χ0v) is 11.3. The van der Waals surface area contributed by atoms with E-state index in [4.69, 9.17) is 0 Å². The monoisotopic (exact) mass is 319 g/mol. The largest absolute Gasteiger partial charge is 0.508 e. The van der Waals surface area contributed by atoms with Gasteiger partial charge in [0, 0.05) is 16.9 Å². The van der Waals surface area contributed by atoms with Crippen LogP contribution >= 0.6 is 15.9 Å². The molecule has 0 aliphatic heterocycles. The quantitative estimate of drug-likeness (QED) is 0.673. The fraction of sp³-hybridized carbons (Fsp3) is 0. The lowest BCUT2D eigenvalue weighted by Gasteiger charge is -1.99. The number of halogens is 1. The summed E-state index contributed by atoms with van der Waals surface area (Å²) >= 11 is 3.23. The molecule has 1 aromatic carbocycles. The molecule has 1 heterocycles. The second kappa shape index (κ2) is 6.10. The van der Waals surface area contributed by atoms with E-state index < -0.39 is 0 Å². The number of hydrazone groups is 1. The number of nitrogens with zero attached hydrogens (tertiary/aromatic N) is 2. The number of aromatic hydroxyl groups is 1. The average molecular weight is 320 g/mol. The predicted octanol–water partition coefficient (Wildman–Crippen LogP) is 2.31. The Labute approximate surface area is 118 Å². The lowest BCUT2D eigenvalue weighted by atomic mass is 10.2. The van der Waals surface area contributed by atoms with E-state index in [1.54, 1.807) is 30.5 Å². The van der Waals surface area contributed by atoms with Crippen molar-refractivity contribution in [1.29, 1.82) is 0 Å². The van der Waals surface area contributed by atoms with Gasteiger partial charge >= 0.3 is 0 Å². The summed E-state index contributed by atoms with van der Waals surface area (Å²) in [5.74, 6) is -0.211. The molecule has 0 saturated carbocycles. The maximum Gasteiger partial charge on any atom is 0.272 e. The van der Waals surface area contributed by atoms with Crippen LogP contribution in [0.5, 0.6) is 5.75 Å². The summed E-state index contributed by atoms with van der Waals surface area (Å²) in [6.07, 6.45) is 4.49. The standard InChI is InChI=1S/C13H10BrN3O2/c14-11-5-10(7-15-8-11)13(19)17-16-6-9-2-1-3-12(18)4-9/h1-8,18H,(H,17,19)/b16-6+.